The highest BCUT2D eigenvalue weighted by Crippen LogP contribution is 2.31. The lowest BCUT2D eigenvalue weighted by atomic mass is 10.1. The molecule has 1 aromatic rings. The zero-order valence-electron chi connectivity index (χ0n) is 14.7. The molecular formula is C17H25Cl2IN4O3. The first kappa shape index (κ1) is 24.4. The molecule has 1 unspecified atom stereocenters. The average Bonchev–Trinajstić information content (AvgIpc) is 3.02. The number of rotatable bonds is 5. The van der Waals surface area contributed by atoms with Crippen molar-refractivity contribution < 1.29 is 14.7 Å². The van der Waals surface area contributed by atoms with Gasteiger partial charge in [0.25, 0.3) is 5.91 Å². The van der Waals surface area contributed by atoms with Crippen LogP contribution in [0.1, 0.15) is 24.8 Å². The van der Waals surface area contributed by atoms with E-state index < -0.39 is 5.91 Å². The van der Waals surface area contributed by atoms with Gasteiger partial charge in [0.1, 0.15) is 5.82 Å². The molecular weight excluding hydrogens is 506 g/mol. The third kappa shape index (κ3) is 6.72. The number of pyridine rings is 1. The average molecular weight is 531 g/mol. The lowest BCUT2D eigenvalue weighted by Gasteiger charge is -2.34. The van der Waals surface area contributed by atoms with Gasteiger partial charge < -0.3 is 10.1 Å². The molecule has 7 nitrogen and oxygen atoms in total. The number of alkyl halides is 1. The maximum Gasteiger partial charge on any atom is 0.267 e. The molecule has 3 N–H and O–H groups in total. The molecule has 27 heavy (non-hydrogen) atoms. The van der Waals surface area contributed by atoms with E-state index in [1.54, 1.807) is 17.8 Å². The van der Waals surface area contributed by atoms with Crippen molar-refractivity contribution in [1.29, 1.82) is 0 Å². The predicted octanol–water partition coefficient (Wildman–Crippen LogP) is 2.87. The van der Waals surface area contributed by atoms with Gasteiger partial charge in [-0.2, -0.15) is 0 Å². The molecule has 1 aromatic heterocycles. The number of anilines is 1. The number of amides is 1. The van der Waals surface area contributed by atoms with Crippen LogP contribution < -0.4 is 10.8 Å². The first-order chi connectivity index (χ1) is 12.2. The van der Waals surface area contributed by atoms with E-state index in [0.29, 0.717) is 16.1 Å². The van der Waals surface area contributed by atoms with Crippen LogP contribution in [-0.4, -0.2) is 56.9 Å². The molecule has 0 bridgehead atoms. The van der Waals surface area contributed by atoms with Crippen LogP contribution in [0.15, 0.2) is 24.4 Å². The molecule has 0 spiro atoms. The van der Waals surface area contributed by atoms with Crippen LogP contribution >= 0.6 is 47.4 Å². The van der Waals surface area contributed by atoms with E-state index in [9.17, 15) is 4.79 Å². The highest BCUT2D eigenvalue weighted by molar-refractivity contribution is 14.1. The minimum atomic E-state index is -0.561. The van der Waals surface area contributed by atoms with E-state index in [2.05, 4.69) is 37.8 Å². The molecule has 3 heterocycles. The van der Waals surface area contributed by atoms with Crippen molar-refractivity contribution >= 4 is 65.2 Å². The van der Waals surface area contributed by atoms with Crippen LogP contribution in [0.2, 0.25) is 0 Å². The van der Waals surface area contributed by atoms with Crippen molar-refractivity contribution in [1.82, 2.24) is 15.4 Å². The number of nitrogens with zero attached hydrogens (tertiary/aromatic N) is 2. The van der Waals surface area contributed by atoms with E-state index in [4.69, 9.17) is 9.94 Å². The van der Waals surface area contributed by atoms with E-state index >= 15 is 0 Å². The second-order valence-electron chi connectivity index (χ2n) is 6.28. The quantitative estimate of drug-likeness (QED) is 0.135. The number of carbonyl (C=O) groups is 1. The molecule has 0 aliphatic carbocycles. The van der Waals surface area contributed by atoms with Gasteiger partial charge in [-0.05, 0) is 43.0 Å². The summed E-state index contributed by atoms with van der Waals surface area (Å²) in [5.41, 5.74) is 2.36. The zero-order valence-corrected chi connectivity index (χ0v) is 18.5. The van der Waals surface area contributed by atoms with Crippen LogP contribution in [0.5, 0.6) is 0 Å². The Bertz CT molecular complexity index is 615. The summed E-state index contributed by atoms with van der Waals surface area (Å²) in [7, 11) is 0. The summed E-state index contributed by atoms with van der Waals surface area (Å²) in [6, 6.07) is 4.80. The standard InChI is InChI=1S/C17H23IN4O3.2ClH/c18-17-14(5-8-22(17)13-6-9-25-10-7-13)20-15-3-1-12(11-19-15)2-4-16(23)21-24;;/h1-4,11,13-14,17,24H,5-10H2,(H,19,20)(H,21,23);2*1H/t14-,17?;;/m1../s1. The number of aromatic nitrogens is 1. The molecule has 2 aliphatic heterocycles. The second kappa shape index (κ2) is 12.0. The monoisotopic (exact) mass is 530 g/mol. The van der Waals surface area contributed by atoms with E-state index in [0.717, 1.165) is 50.4 Å². The SMILES string of the molecule is Cl.Cl.O=C(C=Cc1ccc(N[C@@H]2CCN(C3CCOCC3)C2I)nc1)NO. The van der Waals surface area contributed by atoms with Gasteiger partial charge in [0.2, 0.25) is 0 Å². The fourth-order valence-electron chi connectivity index (χ4n) is 3.31. The highest BCUT2D eigenvalue weighted by atomic mass is 127. The molecule has 0 aromatic carbocycles. The Balaban J connectivity index is 0.00000182. The number of likely N-dealkylation sites (tertiary alicyclic amines) is 1. The Labute approximate surface area is 185 Å². The lowest BCUT2D eigenvalue weighted by molar-refractivity contribution is -0.124. The van der Waals surface area contributed by atoms with Crippen LogP contribution in [0.25, 0.3) is 6.08 Å². The third-order valence-electron chi connectivity index (χ3n) is 4.66. The normalized spacial score (nSPS) is 23.5. The second-order valence-corrected chi connectivity index (χ2v) is 7.56. The Morgan fingerprint density at radius 1 is 1.30 bits per heavy atom. The Morgan fingerprint density at radius 2 is 2.04 bits per heavy atom. The van der Waals surface area contributed by atoms with Crippen molar-refractivity contribution in [2.75, 3.05) is 25.1 Å². The van der Waals surface area contributed by atoms with Crippen LogP contribution in [-0.2, 0) is 9.53 Å². The number of nitrogens with one attached hydrogen (secondary N) is 2. The topological polar surface area (TPSA) is 86.7 Å². The van der Waals surface area contributed by atoms with E-state index in [1.165, 1.54) is 6.08 Å². The summed E-state index contributed by atoms with van der Waals surface area (Å²) in [5, 5.41) is 12.0. The minimum absolute atomic E-state index is 0. The number of hydrogen-bond acceptors (Lipinski definition) is 6. The first-order valence-corrected chi connectivity index (χ1v) is 9.74. The number of hydroxylamine groups is 1. The molecule has 2 atom stereocenters. The Kier molecular flexibility index (Phi) is 10.9. The van der Waals surface area contributed by atoms with Gasteiger partial charge in [-0.3, -0.25) is 14.9 Å². The summed E-state index contributed by atoms with van der Waals surface area (Å²) in [6.45, 7) is 2.84. The van der Waals surface area contributed by atoms with Crippen molar-refractivity contribution in [3.63, 3.8) is 0 Å². The Hall–Kier alpha value is -0.650. The summed E-state index contributed by atoms with van der Waals surface area (Å²) in [6.07, 6.45) is 7.90. The summed E-state index contributed by atoms with van der Waals surface area (Å²) < 4.78 is 5.91. The van der Waals surface area contributed by atoms with Crippen LogP contribution in [0, 0.1) is 0 Å². The number of ether oxygens (including phenoxy) is 1. The molecule has 3 rings (SSSR count). The van der Waals surface area contributed by atoms with Crippen molar-refractivity contribution in [2.24, 2.45) is 0 Å². The molecule has 0 saturated carbocycles. The fourth-order valence-corrected chi connectivity index (χ4v) is 4.58. The summed E-state index contributed by atoms with van der Waals surface area (Å²) >= 11 is 2.53. The number of halogens is 3. The third-order valence-corrected chi connectivity index (χ3v) is 6.25. The van der Waals surface area contributed by atoms with Crippen LogP contribution in [0.3, 0.4) is 0 Å². The van der Waals surface area contributed by atoms with Gasteiger partial charge in [0.05, 0.1) is 10.1 Å². The van der Waals surface area contributed by atoms with Crippen molar-refractivity contribution in [2.45, 2.75) is 35.4 Å². The molecule has 1 amide bonds. The van der Waals surface area contributed by atoms with Gasteiger partial charge >= 0.3 is 0 Å². The number of carbonyl (C=O) groups excluding carboxylic acids is 1. The molecule has 0 radical (unpaired) electrons. The largest absolute Gasteiger partial charge is 0.381 e. The van der Waals surface area contributed by atoms with Crippen molar-refractivity contribution in [3.05, 3.63) is 30.0 Å². The highest BCUT2D eigenvalue weighted by Gasteiger charge is 2.36. The smallest absolute Gasteiger partial charge is 0.267 e. The fraction of sp³-hybridized carbons (Fsp3) is 0.529. The zero-order chi connectivity index (χ0) is 17.6. The number of hydrogen-bond donors (Lipinski definition) is 3. The van der Waals surface area contributed by atoms with Gasteiger partial charge in [0.15, 0.2) is 0 Å². The molecule has 2 aliphatic rings. The van der Waals surface area contributed by atoms with Gasteiger partial charge in [0, 0.05) is 38.1 Å². The molecule has 2 fully saturated rings. The summed E-state index contributed by atoms with van der Waals surface area (Å²) in [4.78, 5) is 18.0. The van der Waals surface area contributed by atoms with E-state index in [-0.39, 0.29) is 24.8 Å². The predicted molar refractivity (Wildman–Crippen MR) is 118 cm³/mol. The summed E-state index contributed by atoms with van der Waals surface area (Å²) in [5.74, 6) is 0.276. The molecule has 10 heteroatoms. The maximum absolute atomic E-state index is 11.0. The van der Waals surface area contributed by atoms with Gasteiger partial charge in [-0.25, -0.2) is 10.5 Å². The van der Waals surface area contributed by atoms with Gasteiger partial charge in [-0.1, -0.05) is 22.6 Å². The minimum Gasteiger partial charge on any atom is -0.381 e. The van der Waals surface area contributed by atoms with E-state index in [1.807, 2.05) is 12.1 Å². The van der Waals surface area contributed by atoms with Crippen LogP contribution in [0.4, 0.5) is 5.82 Å². The van der Waals surface area contributed by atoms with Gasteiger partial charge in [-0.15, -0.1) is 24.8 Å². The molecule has 2 saturated heterocycles. The first-order valence-electron chi connectivity index (χ1n) is 8.49. The lowest BCUT2D eigenvalue weighted by Crippen LogP contribution is -2.43. The maximum atomic E-state index is 11.0. The molecule has 152 valence electrons. The van der Waals surface area contributed by atoms with Crippen molar-refractivity contribution in [3.8, 4) is 0 Å². The Morgan fingerprint density at radius 3 is 2.67 bits per heavy atom.